The molecule has 8 heteroatoms. The van der Waals surface area contributed by atoms with E-state index in [9.17, 15) is 14.4 Å². The van der Waals surface area contributed by atoms with Gasteiger partial charge in [0.1, 0.15) is 0 Å². The summed E-state index contributed by atoms with van der Waals surface area (Å²) in [6, 6.07) is 2.72. The van der Waals surface area contributed by atoms with Gasteiger partial charge in [0.25, 0.3) is 0 Å². The van der Waals surface area contributed by atoms with Crippen LogP contribution in [-0.2, 0) is 9.59 Å². The van der Waals surface area contributed by atoms with Crippen LogP contribution in [0, 0.1) is 0 Å². The fourth-order valence-corrected chi connectivity index (χ4v) is 3.62. The van der Waals surface area contributed by atoms with E-state index in [1.807, 2.05) is 17.5 Å². The second-order valence-corrected chi connectivity index (χ2v) is 6.94. The maximum atomic E-state index is 12.0. The van der Waals surface area contributed by atoms with Crippen LogP contribution >= 0.6 is 11.3 Å². The average Bonchev–Trinajstić information content (AvgIpc) is 3.07. The van der Waals surface area contributed by atoms with Crippen molar-refractivity contribution in [3.05, 3.63) is 22.4 Å². The molecule has 5 N–H and O–H groups in total. The highest BCUT2D eigenvalue weighted by Gasteiger charge is 2.20. The van der Waals surface area contributed by atoms with Gasteiger partial charge >= 0.3 is 6.03 Å². The monoisotopic (exact) mass is 352 g/mol. The summed E-state index contributed by atoms with van der Waals surface area (Å²) in [7, 11) is 0. The molecule has 24 heavy (non-hydrogen) atoms. The number of primary amides is 1. The van der Waals surface area contributed by atoms with Crippen molar-refractivity contribution < 1.29 is 14.4 Å². The molecule has 1 fully saturated rings. The van der Waals surface area contributed by atoms with Gasteiger partial charge in [0.2, 0.25) is 11.8 Å². The molecule has 0 aromatic carbocycles. The number of rotatable bonds is 7. The van der Waals surface area contributed by atoms with Crippen LogP contribution in [0.1, 0.15) is 49.4 Å². The minimum atomic E-state index is -0.684. The minimum Gasteiger partial charge on any atom is -0.352 e. The molecule has 1 aromatic rings. The summed E-state index contributed by atoms with van der Waals surface area (Å²) < 4.78 is 0. The number of carbonyl (C=O) groups excluding carboxylic acids is 3. The number of amides is 4. The number of hydrogen-bond acceptors (Lipinski definition) is 4. The molecule has 1 aliphatic rings. The number of thiophene rings is 1. The third-order valence-electron chi connectivity index (χ3n) is 4.01. The largest absolute Gasteiger partial charge is 0.352 e. The third kappa shape index (κ3) is 6.19. The first kappa shape index (κ1) is 18.3. The van der Waals surface area contributed by atoms with Crippen molar-refractivity contribution in [2.75, 3.05) is 6.54 Å². The molecular formula is C16H24N4O3S. The van der Waals surface area contributed by atoms with E-state index >= 15 is 0 Å². The third-order valence-corrected chi connectivity index (χ3v) is 5.00. The van der Waals surface area contributed by atoms with Gasteiger partial charge in [-0.3, -0.25) is 9.59 Å². The van der Waals surface area contributed by atoms with Crippen LogP contribution in [0.2, 0.25) is 0 Å². The van der Waals surface area contributed by atoms with Crippen molar-refractivity contribution in [1.29, 1.82) is 0 Å². The highest BCUT2D eigenvalue weighted by Crippen LogP contribution is 2.21. The SMILES string of the molecule is NC(=O)NC(CC(=O)NCC(=O)NC1CCCCC1)c1cccs1. The van der Waals surface area contributed by atoms with Crippen molar-refractivity contribution >= 4 is 29.2 Å². The van der Waals surface area contributed by atoms with Gasteiger partial charge < -0.3 is 21.7 Å². The molecule has 1 atom stereocenters. The molecular weight excluding hydrogens is 328 g/mol. The van der Waals surface area contributed by atoms with Crippen LogP contribution in [-0.4, -0.2) is 30.4 Å². The Morgan fingerprint density at radius 2 is 1.96 bits per heavy atom. The van der Waals surface area contributed by atoms with Crippen LogP contribution in [0.5, 0.6) is 0 Å². The average molecular weight is 352 g/mol. The summed E-state index contributed by atoms with van der Waals surface area (Å²) in [6.07, 6.45) is 5.54. The van der Waals surface area contributed by atoms with Crippen LogP contribution in [0.4, 0.5) is 4.79 Å². The number of nitrogens with one attached hydrogen (secondary N) is 3. The summed E-state index contributed by atoms with van der Waals surface area (Å²) in [4.78, 5) is 35.9. The van der Waals surface area contributed by atoms with E-state index < -0.39 is 12.1 Å². The second-order valence-electron chi connectivity index (χ2n) is 5.96. The Hall–Kier alpha value is -2.09. The summed E-state index contributed by atoms with van der Waals surface area (Å²) >= 11 is 1.43. The van der Waals surface area contributed by atoms with Crippen LogP contribution in [0.15, 0.2) is 17.5 Å². The lowest BCUT2D eigenvalue weighted by molar-refractivity contribution is -0.126. The van der Waals surface area contributed by atoms with Crippen LogP contribution in [0.3, 0.4) is 0 Å². The van der Waals surface area contributed by atoms with E-state index in [4.69, 9.17) is 5.73 Å². The summed E-state index contributed by atoms with van der Waals surface area (Å²) in [5.74, 6) is -0.480. The van der Waals surface area contributed by atoms with E-state index in [0.29, 0.717) is 0 Å². The van der Waals surface area contributed by atoms with Gasteiger partial charge in [0, 0.05) is 10.9 Å². The molecule has 0 radical (unpaired) electrons. The van der Waals surface area contributed by atoms with E-state index in [1.165, 1.54) is 17.8 Å². The quantitative estimate of drug-likeness (QED) is 0.595. The lowest BCUT2D eigenvalue weighted by Crippen LogP contribution is -2.43. The Labute approximate surface area is 145 Å². The van der Waals surface area contributed by atoms with Crippen LogP contribution in [0.25, 0.3) is 0 Å². The number of nitrogens with two attached hydrogens (primary N) is 1. The molecule has 132 valence electrons. The van der Waals surface area contributed by atoms with E-state index in [0.717, 1.165) is 30.6 Å². The molecule has 7 nitrogen and oxygen atoms in total. The van der Waals surface area contributed by atoms with Crippen molar-refractivity contribution in [3.8, 4) is 0 Å². The molecule has 0 aliphatic heterocycles. The zero-order chi connectivity index (χ0) is 17.4. The Bertz CT molecular complexity index is 556. The van der Waals surface area contributed by atoms with Crippen molar-refractivity contribution in [3.63, 3.8) is 0 Å². The van der Waals surface area contributed by atoms with E-state index in [2.05, 4.69) is 16.0 Å². The van der Waals surface area contributed by atoms with Crippen molar-refractivity contribution in [1.82, 2.24) is 16.0 Å². The Morgan fingerprint density at radius 1 is 1.21 bits per heavy atom. The number of carbonyl (C=O) groups is 3. The molecule has 4 amide bonds. The van der Waals surface area contributed by atoms with E-state index in [-0.39, 0.29) is 30.8 Å². The Balaban J connectivity index is 1.76. The molecule has 0 spiro atoms. The van der Waals surface area contributed by atoms with Crippen molar-refractivity contribution in [2.24, 2.45) is 5.73 Å². The lowest BCUT2D eigenvalue weighted by Gasteiger charge is -2.23. The molecule has 0 saturated heterocycles. The first-order valence-corrected chi connectivity index (χ1v) is 9.08. The molecule has 1 heterocycles. The standard InChI is InChI=1S/C16H24N4O3S/c17-16(23)20-12(13-7-4-8-24-13)9-14(21)18-10-15(22)19-11-5-2-1-3-6-11/h4,7-8,11-12H,1-3,5-6,9-10H2,(H,18,21)(H,19,22)(H3,17,20,23). The van der Waals surface area contributed by atoms with Crippen molar-refractivity contribution in [2.45, 2.75) is 50.6 Å². The van der Waals surface area contributed by atoms with Gasteiger partial charge in [0.15, 0.2) is 0 Å². The van der Waals surface area contributed by atoms with Gasteiger partial charge in [0.05, 0.1) is 19.0 Å². The molecule has 1 aromatic heterocycles. The topological polar surface area (TPSA) is 113 Å². The van der Waals surface area contributed by atoms with Gasteiger partial charge in [-0.25, -0.2) is 4.79 Å². The number of urea groups is 1. The smallest absolute Gasteiger partial charge is 0.312 e. The maximum absolute atomic E-state index is 12.0. The fraction of sp³-hybridized carbons (Fsp3) is 0.562. The number of hydrogen-bond donors (Lipinski definition) is 4. The molecule has 0 bridgehead atoms. The normalized spacial score (nSPS) is 16.2. The molecule has 1 aliphatic carbocycles. The highest BCUT2D eigenvalue weighted by atomic mass is 32.1. The fourth-order valence-electron chi connectivity index (χ4n) is 2.85. The first-order valence-electron chi connectivity index (χ1n) is 8.20. The zero-order valence-corrected chi connectivity index (χ0v) is 14.4. The molecule has 2 rings (SSSR count). The highest BCUT2D eigenvalue weighted by molar-refractivity contribution is 7.10. The summed E-state index contributed by atoms with van der Waals surface area (Å²) in [5, 5.41) is 9.96. The zero-order valence-electron chi connectivity index (χ0n) is 13.5. The summed E-state index contributed by atoms with van der Waals surface area (Å²) in [5.41, 5.74) is 5.16. The van der Waals surface area contributed by atoms with Gasteiger partial charge in [-0.1, -0.05) is 25.3 Å². The minimum absolute atomic E-state index is 0.0418. The van der Waals surface area contributed by atoms with E-state index in [1.54, 1.807) is 0 Å². The van der Waals surface area contributed by atoms with Gasteiger partial charge in [-0.15, -0.1) is 11.3 Å². The molecule has 1 saturated carbocycles. The predicted molar refractivity (Wildman–Crippen MR) is 92.4 cm³/mol. The van der Waals surface area contributed by atoms with Gasteiger partial charge in [-0.2, -0.15) is 0 Å². The molecule has 1 unspecified atom stereocenters. The maximum Gasteiger partial charge on any atom is 0.312 e. The summed E-state index contributed by atoms with van der Waals surface area (Å²) in [6.45, 7) is -0.0525. The Morgan fingerprint density at radius 3 is 2.58 bits per heavy atom. The second kappa shape index (κ2) is 9.27. The van der Waals surface area contributed by atoms with Crippen LogP contribution < -0.4 is 21.7 Å². The first-order chi connectivity index (χ1) is 11.5. The Kier molecular flexibility index (Phi) is 7.05. The lowest BCUT2D eigenvalue weighted by atomic mass is 9.95. The van der Waals surface area contributed by atoms with Gasteiger partial charge in [-0.05, 0) is 24.3 Å². The predicted octanol–water partition coefficient (Wildman–Crippen LogP) is 1.41.